The van der Waals surface area contributed by atoms with Crippen molar-refractivity contribution in [2.24, 2.45) is 5.92 Å². The maximum absolute atomic E-state index is 3.87. The topological polar surface area (TPSA) is 0 Å². The highest BCUT2D eigenvalue weighted by molar-refractivity contribution is 9.09. The lowest BCUT2D eigenvalue weighted by molar-refractivity contribution is 0.511. The molecule has 3 rings (SSSR count). The molecular weight excluding hydrogens is 292 g/mol. The van der Waals surface area contributed by atoms with Gasteiger partial charge in [0, 0.05) is 4.83 Å². The summed E-state index contributed by atoms with van der Waals surface area (Å²) in [5, 5.41) is 4.44. The third kappa shape index (κ3) is 2.34. The van der Waals surface area contributed by atoms with Crippen molar-refractivity contribution >= 4 is 27.3 Å². The summed E-state index contributed by atoms with van der Waals surface area (Å²) in [5.41, 5.74) is 4.53. The summed E-state index contributed by atoms with van der Waals surface area (Å²) >= 11 is 5.67. The van der Waals surface area contributed by atoms with E-state index in [4.69, 9.17) is 0 Å². The van der Waals surface area contributed by atoms with Gasteiger partial charge in [0.15, 0.2) is 0 Å². The number of thiophene rings is 1. The first-order chi connectivity index (χ1) is 8.34. The third-order valence-corrected chi connectivity index (χ3v) is 5.61. The molecule has 0 nitrogen and oxygen atoms in total. The maximum Gasteiger partial charge on any atom is 0.0429 e. The monoisotopic (exact) mass is 306 g/mol. The zero-order valence-electron chi connectivity index (χ0n) is 9.60. The Bertz CT molecular complexity index is 489. The minimum Gasteiger partial charge on any atom is -0.152 e. The van der Waals surface area contributed by atoms with E-state index in [0.717, 1.165) is 5.92 Å². The Morgan fingerprint density at radius 3 is 2.88 bits per heavy atom. The molecule has 0 spiro atoms. The first-order valence-corrected chi connectivity index (χ1v) is 7.93. The fourth-order valence-corrected chi connectivity index (χ4v) is 4.27. The second-order valence-corrected chi connectivity index (χ2v) is 6.50. The van der Waals surface area contributed by atoms with Crippen molar-refractivity contribution in [3.8, 4) is 0 Å². The van der Waals surface area contributed by atoms with Gasteiger partial charge in [-0.25, -0.2) is 0 Å². The first-order valence-electron chi connectivity index (χ1n) is 6.07. The van der Waals surface area contributed by atoms with Crippen LogP contribution >= 0.6 is 27.3 Å². The molecule has 2 heteroatoms. The first kappa shape index (κ1) is 11.5. The van der Waals surface area contributed by atoms with E-state index in [-0.39, 0.29) is 0 Å². The maximum atomic E-state index is 3.87. The molecule has 0 amide bonds. The van der Waals surface area contributed by atoms with Crippen molar-refractivity contribution in [2.45, 2.75) is 24.1 Å². The van der Waals surface area contributed by atoms with Gasteiger partial charge in [0.2, 0.25) is 0 Å². The average molecular weight is 307 g/mol. The van der Waals surface area contributed by atoms with E-state index in [1.54, 1.807) is 11.3 Å². The summed E-state index contributed by atoms with van der Waals surface area (Å²) in [6, 6.07) is 11.1. The summed E-state index contributed by atoms with van der Waals surface area (Å²) in [6.07, 6.45) is 3.72. The third-order valence-electron chi connectivity index (χ3n) is 3.63. The Balaban J connectivity index is 1.68. The van der Waals surface area contributed by atoms with Gasteiger partial charge in [-0.3, -0.25) is 0 Å². The van der Waals surface area contributed by atoms with Crippen molar-refractivity contribution in [1.82, 2.24) is 0 Å². The molecule has 1 aromatic heterocycles. The van der Waals surface area contributed by atoms with Gasteiger partial charge in [0.25, 0.3) is 0 Å². The van der Waals surface area contributed by atoms with Gasteiger partial charge < -0.3 is 0 Å². The molecule has 1 aliphatic rings. The zero-order chi connectivity index (χ0) is 11.7. The molecule has 88 valence electrons. The van der Waals surface area contributed by atoms with Gasteiger partial charge in [-0.1, -0.05) is 40.2 Å². The van der Waals surface area contributed by atoms with E-state index in [1.807, 2.05) is 0 Å². The molecule has 2 aromatic rings. The number of hydrogen-bond acceptors (Lipinski definition) is 1. The number of fused-ring (bicyclic) bond motifs is 1. The summed E-state index contributed by atoms with van der Waals surface area (Å²) in [6.45, 7) is 0. The average Bonchev–Trinajstić information content (AvgIpc) is 2.96. The molecule has 1 aliphatic carbocycles. The molecular formula is C15H15BrS. The molecule has 1 heterocycles. The van der Waals surface area contributed by atoms with E-state index in [9.17, 15) is 0 Å². The van der Waals surface area contributed by atoms with Crippen LogP contribution in [0.1, 0.15) is 27.9 Å². The Labute approximate surface area is 115 Å². The molecule has 0 radical (unpaired) electrons. The van der Waals surface area contributed by atoms with Gasteiger partial charge in [-0.15, -0.1) is 0 Å². The van der Waals surface area contributed by atoms with Crippen molar-refractivity contribution in [3.63, 3.8) is 0 Å². The minimum atomic E-state index is 0.553. The number of alkyl halides is 1. The highest BCUT2D eigenvalue weighted by Crippen LogP contribution is 2.44. The van der Waals surface area contributed by atoms with E-state index >= 15 is 0 Å². The van der Waals surface area contributed by atoms with Gasteiger partial charge in [-0.2, -0.15) is 11.3 Å². The lowest BCUT2D eigenvalue weighted by Crippen LogP contribution is -2.03. The molecule has 0 fully saturated rings. The van der Waals surface area contributed by atoms with E-state index in [0.29, 0.717) is 4.83 Å². The van der Waals surface area contributed by atoms with Gasteiger partial charge in [0.05, 0.1) is 0 Å². The molecule has 0 aliphatic heterocycles. The minimum absolute atomic E-state index is 0.553. The smallest absolute Gasteiger partial charge is 0.0429 e. The number of benzene rings is 1. The van der Waals surface area contributed by atoms with Crippen LogP contribution in [0.5, 0.6) is 0 Å². The number of aryl methyl sites for hydroxylation is 1. The summed E-state index contributed by atoms with van der Waals surface area (Å²) in [4.78, 5) is 0.553. The Kier molecular flexibility index (Phi) is 3.34. The van der Waals surface area contributed by atoms with E-state index < -0.39 is 0 Å². The van der Waals surface area contributed by atoms with Crippen LogP contribution in [0.4, 0.5) is 0 Å². The molecule has 0 N–H and O–H groups in total. The van der Waals surface area contributed by atoms with Crippen LogP contribution in [0.3, 0.4) is 0 Å². The second-order valence-electron chi connectivity index (χ2n) is 4.74. The SMILES string of the molecule is BrC1c2ccccc2CC1CCc1ccsc1. The number of hydrogen-bond donors (Lipinski definition) is 0. The van der Waals surface area contributed by atoms with Crippen LogP contribution in [0, 0.1) is 5.92 Å². The Morgan fingerprint density at radius 2 is 2.12 bits per heavy atom. The summed E-state index contributed by atoms with van der Waals surface area (Å²) in [7, 11) is 0. The molecule has 17 heavy (non-hydrogen) atoms. The second kappa shape index (κ2) is 4.95. The number of rotatable bonds is 3. The molecule has 0 saturated carbocycles. The van der Waals surface area contributed by atoms with E-state index in [1.165, 1.54) is 36.0 Å². The lowest BCUT2D eigenvalue weighted by atomic mass is 9.98. The van der Waals surface area contributed by atoms with Crippen molar-refractivity contribution in [3.05, 3.63) is 57.8 Å². The highest BCUT2D eigenvalue weighted by Gasteiger charge is 2.29. The van der Waals surface area contributed by atoms with Gasteiger partial charge in [-0.05, 0) is 58.7 Å². The Morgan fingerprint density at radius 1 is 1.24 bits per heavy atom. The molecule has 0 bridgehead atoms. The fraction of sp³-hybridized carbons (Fsp3) is 0.333. The fourth-order valence-electron chi connectivity index (χ4n) is 2.66. The predicted molar refractivity (Wildman–Crippen MR) is 77.9 cm³/mol. The molecule has 0 saturated heterocycles. The molecule has 1 aromatic carbocycles. The van der Waals surface area contributed by atoms with Gasteiger partial charge in [0.1, 0.15) is 0 Å². The largest absolute Gasteiger partial charge is 0.152 e. The van der Waals surface area contributed by atoms with Crippen LogP contribution in [0.15, 0.2) is 41.1 Å². The van der Waals surface area contributed by atoms with Crippen LogP contribution in [-0.2, 0) is 12.8 Å². The highest BCUT2D eigenvalue weighted by atomic mass is 79.9. The van der Waals surface area contributed by atoms with Crippen LogP contribution in [-0.4, -0.2) is 0 Å². The summed E-state index contributed by atoms with van der Waals surface area (Å²) < 4.78 is 0. The quantitative estimate of drug-likeness (QED) is 0.701. The predicted octanol–water partition coefficient (Wildman–Crippen LogP) is 4.99. The van der Waals surface area contributed by atoms with Crippen LogP contribution in [0.25, 0.3) is 0 Å². The molecule has 2 atom stereocenters. The van der Waals surface area contributed by atoms with Crippen LogP contribution in [0.2, 0.25) is 0 Å². The standard InChI is InChI=1S/C15H15BrS/c16-15-13(6-5-11-7-8-17-10-11)9-12-3-1-2-4-14(12)15/h1-4,7-8,10,13,15H,5-6,9H2. The van der Waals surface area contributed by atoms with E-state index in [2.05, 4.69) is 57.0 Å². The zero-order valence-corrected chi connectivity index (χ0v) is 12.0. The molecule has 2 unspecified atom stereocenters. The summed E-state index contributed by atoms with van der Waals surface area (Å²) in [5.74, 6) is 0.757. The van der Waals surface area contributed by atoms with Crippen molar-refractivity contribution in [1.29, 1.82) is 0 Å². The van der Waals surface area contributed by atoms with Gasteiger partial charge >= 0.3 is 0 Å². The lowest BCUT2D eigenvalue weighted by Gasteiger charge is -2.13. The van der Waals surface area contributed by atoms with Crippen LogP contribution < -0.4 is 0 Å². The Hall–Kier alpha value is -0.600. The normalized spacial score (nSPS) is 22.6. The number of halogens is 1. The van der Waals surface area contributed by atoms with Crippen molar-refractivity contribution in [2.75, 3.05) is 0 Å². The van der Waals surface area contributed by atoms with Crippen molar-refractivity contribution < 1.29 is 0 Å².